The molecule has 0 radical (unpaired) electrons. The van der Waals surface area contributed by atoms with E-state index in [0.717, 1.165) is 24.3 Å². The summed E-state index contributed by atoms with van der Waals surface area (Å²) in [6.07, 6.45) is 0. The standard InChI is InChI=1S/C18H25N3O4/c1-24-14-17(22)20-6-8-21(9-7-20)18(23)15-4-2-3-5-16(15)19-10-12-25-13-11-19/h2-5H,6-14H2,1H3. The van der Waals surface area contributed by atoms with E-state index < -0.39 is 0 Å². The van der Waals surface area contributed by atoms with Crippen molar-refractivity contribution < 1.29 is 19.1 Å². The molecular weight excluding hydrogens is 322 g/mol. The molecule has 25 heavy (non-hydrogen) atoms. The molecule has 1 aromatic rings. The van der Waals surface area contributed by atoms with Crippen molar-refractivity contribution in [3.8, 4) is 0 Å². The number of para-hydroxylation sites is 1. The van der Waals surface area contributed by atoms with Crippen molar-refractivity contribution in [2.24, 2.45) is 0 Å². The number of methoxy groups -OCH3 is 1. The highest BCUT2D eigenvalue weighted by atomic mass is 16.5. The fraction of sp³-hybridized carbons (Fsp3) is 0.556. The number of hydrogen-bond donors (Lipinski definition) is 0. The van der Waals surface area contributed by atoms with E-state index in [9.17, 15) is 9.59 Å². The van der Waals surface area contributed by atoms with Gasteiger partial charge in [0.05, 0.1) is 18.8 Å². The molecule has 2 saturated heterocycles. The highest BCUT2D eigenvalue weighted by molar-refractivity contribution is 6.00. The molecule has 0 atom stereocenters. The molecule has 2 aliphatic heterocycles. The molecule has 2 amide bonds. The molecule has 0 aliphatic carbocycles. The average Bonchev–Trinajstić information content (AvgIpc) is 2.68. The Kier molecular flexibility index (Phi) is 5.88. The predicted octanol–water partition coefficient (Wildman–Crippen LogP) is 0.454. The zero-order chi connectivity index (χ0) is 17.6. The molecule has 136 valence electrons. The van der Waals surface area contributed by atoms with Gasteiger partial charge in [-0.2, -0.15) is 0 Å². The van der Waals surface area contributed by atoms with Gasteiger partial charge >= 0.3 is 0 Å². The zero-order valence-corrected chi connectivity index (χ0v) is 14.6. The second kappa shape index (κ2) is 8.31. The lowest BCUT2D eigenvalue weighted by Crippen LogP contribution is -2.51. The van der Waals surface area contributed by atoms with Crippen molar-refractivity contribution in [2.45, 2.75) is 0 Å². The number of nitrogens with zero attached hydrogens (tertiary/aromatic N) is 3. The molecule has 2 heterocycles. The van der Waals surface area contributed by atoms with Crippen molar-refractivity contribution in [3.05, 3.63) is 29.8 Å². The lowest BCUT2D eigenvalue weighted by Gasteiger charge is -2.36. The molecule has 2 fully saturated rings. The van der Waals surface area contributed by atoms with E-state index in [2.05, 4.69) is 4.90 Å². The monoisotopic (exact) mass is 347 g/mol. The Balaban J connectivity index is 1.67. The third-order valence-electron chi connectivity index (χ3n) is 4.67. The van der Waals surface area contributed by atoms with E-state index >= 15 is 0 Å². The number of ether oxygens (including phenoxy) is 2. The van der Waals surface area contributed by atoms with Crippen LogP contribution in [0.4, 0.5) is 5.69 Å². The minimum atomic E-state index is -0.0247. The SMILES string of the molecule is COCC(=O)N1CCN(C(=O)c2ccccc2N2CCOCC2)CC1. The summed E-state index contributed by atoms with van der Waals surface area (Å²) in [5, 5.41) is 0. The summed E-state index contributed by atoms with van der Waals surface area (Å²) in [4.78, 5) is 30.7. The largest absolute Gasteiger partial charge is 0.378 e. The highest BCUT2D eigenvalue weighted by Gasteiger charge is 2.27. The number of carbonyl (C=O) groups excluding carboxylic acids is 2. The fourth-order valence-electron chi connectivity index (χ4n) is 3.28. The number of rotatable bonds is 4. The fourth-order valence-corrected chi connectivity index (χ4v) is 3.28. The van der Waals surface area contributed by atoms with Crippen LogP contribution in [-0.2, 0) is 14.3 Å². The summed E-state index contributed by atoms with van der Waals surface area (Å²) in [5.74, 6) is 0.00393. The molecule has 3 rings (SSSR count). The molecule has 0 spiro atoms. The van der Waals surface area contributed by atoms with Gasteiger partial charge in [0.2, 0.25) is 5.91 Å². The average molecular weight is 347 g/mol. The van der Waals surface area contributed by atoms with Crippen LogP contribution >= 0.6 is 0 Å². The molecule has 0 N–H and O–H groups in total. The van der Waals surface area contributed by atoms with Gasteiger partial charge in [-0.3, -0.25) is 9.59 Å². The van der Waals surface area contributed by atoms with Crippen LogP contribution in [0.15, 0.2) is 24.3 Å². The topological polar surface area (TPSA) is 62.3 Å². The smallest absolute Gasteiger partial charge is 0.256 e. The Morgan fingerprint density at radius 3 is 2.32 bits per heavy atom. The highest BCUT2D eigenvalue weighted by Crippen LogP contribution is 2.23. The van der Waals surface area contributed by atoms with Crippen LogP contribution in [0.1, 0.15) is 10.4 Å². The summed E-state index contributed by atoms with van der Waals surface area (Å²) < 4.78 is 10.3. The van der Waals surface area contributed by atoms with Gasteiger partial charge in [-0.1, -0.05) is 12.1 Å². The lowest BCUT2D eigenvalue weighted by atomic mass is 10.1. The maximum atomic E-state index is 13.0. The lowest BCUT2D eigenvalue weighted by molar-refractivity contribution is -0.136. The Labute approximate surface area is 148 Å². The van der Waals surface area contributed by atoms with Gasteiger partial charge in [0.1, 0.15) is 6.61 Å². The Morgan fingerprint density at radius 1 is 1.00 bits per heavy atom. The summed E-state index contributed by atoms with van der Waals surface area (Å²) in [7, 11) is 1.51. The number of piperazine rings is 1. The molecule has 2 aliphatic rings. The van der Waals surface area contributed by atoms with Gasteiger partial charge in [0.15, 0.2) is 0 Å². The van der Waals surface area contributed by atoms with Gasteiger partial charge in [0.25, 0.3) is 5.91 Å². The van der Waals surface area contributed by atoms with Crippen LogP contribution in [0.25, 0.3) is 0 Å². The normalized spacial score (nSPS) is 18.4. The number of benzene rings is 1. The third-order valence-corrected chi connectivity index (χ3v) is 4.67. The summed E-state index contributed by atoms with van der Waals surface area (Å²) in [5.41, 5.74) is 1.69. The van der Waals surface area contributed by atoms with Gasteiger partial charge < -0.3 is 24.2 Å². The van der Waals surface area contributed by atoms with E-state index in [1.54, 1.807) is 4.90 Å². The molecule has 0 bridgehead atoms. The molecule has 0 aromatic heterocycles. The minimum absolute atomic E-state index is 0.0247. The number of amides is 2. The van der Waals surface area contributed by atoms with E-state index in [4.69, 9.17) is 9.47 Å². The molecule has 1 aromatic carbocycles. The number of hydrogen-bond acceptors (Lipinski definition) is 5. The van der Waals surface area contributed by atoms with Crippen molar-refractivity contribution in [3.63, 3.8) is 0 Å². The molecule has 7 nitrogen and oxygen atoms in total. The number of anilines is 1. The quantitative estimate of drug-likeness (QED) is 0.792. The maximum Gasteiger partial charge on any atom is 0.256 e. The van der Waals surface area contributed by atoms with Crippen LogP contribution < -0.4 is 4.90 Å². The van der Waals surface area contributed by atoms with Crippen LogP contribution in [0.3, 0.4) is 0 Å². The maximum absolute atomic E-state index is 13.0. The van der Waals surface area contributed by atoms with Crippen LogP contribution in [0.5, 0.6) is 0 Å². The number of carbonyl (C=O) groups is 2. The van der Waals surface area contributed by atoms with Crippen molar-refractivity contribution in [2.75, 3.05) is 71.1 Å². The van der Waals surface area contributed by atoms with E-state index in [1.807, 2.05) is 29.2 Å². The van der Waals surface area contributed by atoms with Crippen LogP contribution in [0.2, 0.25) is 0 Å². The van der Waals surface area contributed by atoms with E-state index in [1.165, 1.54) is 7.11 Å². The first kappa shape index (κ1) is 17.7. The first-order valence-corrected chi connectivity index (χ1v) is 8.68. The Hall–Kier alpha value is -2.12. The van der Waals surface area contributed by atoms with Gasteiger partial charge in [-0.05, 0) is 12.1 Å². The number of morpholine rings is 1. The zero-order valence-electron chi connectivity index (χ0n) is 14.6. The Bertz CT molecular complexity index is 608. The molecule has 7 heteroatoms. The van der Waals surface area contributed by atoms with Crippen molar-refractivity contribution in [1.29, 1.82) is 0 Å². The van der Waals surface area contributed by atoms with Crippen molar-refractivity contribution in [1.82, 2.24) is 9.80 Å². The molecule has 0 unspecified atom stereocenters. The molecule has 0 saturated carbocycles. The van der Waals surface area contributed by atoms with Gasteiger partial charge in [-0.25, -0.2) is 0 Å². The molecular formula is C18H25N3O4. The summed E-state index contributed by atoms with van der Waals surface area (Å²) >= 11 is 0. The predicted molar refractivity (Wildman–Crippen MR) is 93.8 cm³/mol. The van der Waals surface area contributed by atoms with Gasteiger partial charge in [-0.15, -0.1) is 0 Å². The van der Waals surface area contributed by atoms with Crippen LogP contribution in [0, 0.1) is 0 Å². The summed E-state index contributed by atoms with van der Waals surface area (Å²) in [6, 6.07) is 7.74. The van der Waals surface area contributed by atoms with Crippen LogP contribution in [-0.4, -0.2) is 87.8 Å². The minimum Gasteiger partial charge on any atom is -0.378 e. The van der Waals surface area contributed by atoms with E-state index in [0.29, 0.717) is 39.4 Å². The first-order chi connectivity index (χ1) is 12.2. The third kappa shape index (κ3) is 4.11. The van der Waals surface area contributed by atoms with E-state index in [-0.39, 0.29) is 18.4 Å². The Morgan fingerprint density at radius 2 is 1.64 bits per heavy atom. The van der Waals surface area contributed by atoms with Crippen molar-refractivity contribution >= 4 is 17.5 Å². The second-order valence-electron chi connectivity index (χ2n) is 6.22. The van der Waals surface area contributed by atoms with Gasteiger partial charge in [0, 0.05) is 52.1 Å². The second-order valence-corrected chi connectivity index (χ2v) is 6.22. The first-order valence-electron chi connectivity index (χ1n) is 8.68. The summed E-state index contributed by atoms with van der Waals surface area (Å²) in [6.45, 7) is 5.24.